The molecule has 3 N–H and O–H groups in total. The molecule has 2 fully saturated rings. The molecule has 5 nitrogen and oxygen atoms in total. The molecular weight excluding hydrogens is 244 g/mol. The van der Waals surface area contributed by atoms with Gasteiger partial charge in [-0.2, -0.15) is 0 Å². The summed E-state index contributed by atoms with van der Waals surface area (Å²) in [4.78, 5) is 22.5. The van der Waals surface area contributed by atoms with Crippen LogP contribution in [0.5, 0.6) is 0 Å². The van der Waals surface area contributed by atoms with E-state index in [0.717, 1.165) is 11.8 Å². The minimum atomic E-state index is -1.10. The fourth-order valence-corrected chi connectivity index (χ4v) is 3.38. The summed E-state index contributed by atoms with van der Waals surface area (Å²) in [5.74, 6) is 3.29. The van der Waals surface area contributed by atoms with E-state index in [-0.39, 0.29) is 6.42 Å². The minimum Gasteiger partial charge on any atom is -0.480 e. The third kappa shape index (κ3) is 3.40. The molecule has 4 unspecified atom stereocenters. The van der Waals surface area contributed by atoms with Gasteiger partial charge < -0.3 is 15.7 Å². The summed E-state index contributed by atoms with van der Waals surface area (Å²) in [6.07, 6.45) is 10.2. The number of hydrogen-bond donors (Lipinski definition) is 3. The van der Waals surface area contributed by atoms with Crippen LogP contribution in [0.3, 0.4) is 0 Å². The van der Waals surface area contributed by atoms with Gasteiger partial charge in [0.15, 0.2) is 0 Å². The molecule has 0 saturated heterocycles. The molecule has 2 aliphatic carbocycles. The first-order valence-corrected chi connectivity index (χ1v) is 6.80. The lowest BCUT2D eigenvalue weighted by Gasteiger charge is -2.22. The van der Waals surface area contributed by atoms with Crippen molar-refractivity contribution in [2.75, 3.05) is 6.54 Å². The van der Waals surface area contributed by atoms with Gasteiger partial charge in [-0.3, -0.25) is 0 Å². The van der Waals surface area contributed by atoms with Crippen LogP contribution >= 0.6 is 0 Å². The van der Waals surface area contributed by atoms with Gasteiger partial charge in [0.05, 0.1) is 0 Å². The van der Waals surface area contributed by atoms with Gasteiger partial charge in [-0.1, -0.05) is 6.42 Å². The van der Waals surface area contributed by atoms with Gasteiger partial charge in [0.1, 0.15) is 6.04 Å². The summed E-state index contributed by atoms with van der Waals surface area (Å²) in [7, 11) is 0. The van der Waals surface area contributed by atoms with Gasteiger partial charge in [-0.15, -0.1) is 12.3 Å². The van der Waals surface area contributed by atoms with Crippen molar-refractivity contribution in [2.24, 2.45) is 17.8 Å². The van der Waals surface area contributed by atoms with Crippen LogP contribution < -0.4 is 10.6 Å². The minimum absolute atomic E-state index is 0.00309. The molecule has 0 aliphatic heterocycles. The number of fused-ring (bicyclic) bond motifs is 2. The number of rotatable bonds is 5. The van der Waals surface area contributed by atoms with E-state index in [4.69, 9.17) is 11.5 Å². The molecule has 0 aromatic carbocycles. The van der Waals surface area contributed by atoms with Crippen molar-refractivity contribution in [3.05, 3.63) is 0 Å². The van der Waals surface area contributed by atoms with E-state index >= 15 is 0 Å². The van der Waals surface area contributed by atoms with Crippen LogP contribution in [0.15, 0.2) is 0 Å². The van der Waals surface area contributed by atoms with E-state index in [0.29, 0.717) is 12.5 Å². The van der Waals surface area contributed by atoms with Crippen LogP contribution in [0.1, 0.15) is 32.1 Å². The Morgan fingerprint density at radius 2 is 2.16 bits per heavy atom. The Morgan fingerprint density at radius 1 is 1.37 bits per heavy atom. The molecule has 0 heterocycles. The molecule has 5 heteroatoms. The zero-order chi connectivity index (χ0) is 13.8. The maximum Gasteiger partial charge on any atom is 0.327 e. The lowest BCUT2D eigenvalue weighted by molar-refractivity contribution is -0.139. The van der Waals surface area contributed by atoms with E-state index in [1.54, 1.807) is 0 Å². The number of aliphatic carboxylic acids is 1. The summed E-state index contributed by atoms with van der Waals surface area (Å²) in [6, 6.07) is -1.45. The number of carboxylic acid groups (broad SMARTS) is 1. The summed E-state index contributed by atoms with van der Waals surface area (Å²) >= 11 is 0. The third-order valence-corrected chi connectivity index (χ3v) is 4.33. The molecule has 2 aliphatic rings. The fraction of sp³-hybridized carbons (Fsp3) is 0.714. The van der Waals surface area contributed by atoms with Gasteiger partial charge in [-0.25, -0.2) is 9.59 Å². The van der Waals surface area contributed by atoms with Crippen molar-refractivity contribution in [2.45, 2.75) is 38.1 Å². The van der Waals surface area contributed by atoms with Gasteiger partial charge >= 0.3 is 12.0 Å². The molecule has 0 radical (unpaired) electrons. The zero-order valence-corrected chi connectivity index (χ0v) is 10.9. The number of hydrogen-bond acceptors (Lipinski definition) is 2. The Kier molecular flexibility index (Phi) is 4.31. The van der Waals surface area contributed by atoms with E-state index < -0.39 is 18.0 Å². The van der Waals surface area contributed by atoms with E-state index in [1.165, 1.54) is 25.7 Å². The molecular formula is C14H20N2O3. The third-order valence-electron chi connectivity index (χ3n) is 4.33. The highest BCUT2D eigenvalue weighted by atomic mass is 16.4. The summed E-state index contributed by atoms with van der Waals surface area (Å²) in [5.41, 5.74) is 0. The number of amides is 2. The Labute approximate surface area is 113 Å². The first-order valence-electron chi connectivity index (χ1n) is 6.80. The lowest BCUT2D eigenvalue weighted by Crippen LogP contribution is -2.47. The number of terminal acetylenes is 1. The van der Waals surface area contributed by atoms with Crippen molar-refractivity contribution in [3.8, 4) is 12.3 Å². The van der Waals surface area contributed by atoms with Crippen molar-refractivity contribution in [1.82, 2.24) is 10.6 Å². The largest absolute Gasteiger partial charge is 0.480 e. The molecule has 2 amide bonds. The van der Waals surface area contributed by atoms with Crippen LogP contribution in [0, 0.1) is 30.1 Å². The maximum absolute atomic E-state index is 11.6. The predicted octanol–water partition coefficient (Wildman–Crippen LogP) is 1.20. The van der Waals surface area contributed by atoms with Gasteiger partial charge in [0.25, 0.3) is 0 Å². The monoisotopic (exact) mass is 264 g/mol. The average Bonchev–Trinajstić information content (AvgIpc) is 2.97. The summed E-state index contributed by atoms with van der Waals surface area (Å²) in [6.45, 7) is 0.634. The van der Waals surface area contributed by atoms with Gasteiger partial charge in [-0.05, 0) is 37.0 Å². The number of carboxylic acids is 1. The van der Waals surface area contributed by atoms with E-state index in [2.05, 4.69) is 16.6 Å². The number of urea groups is 1. The Balaban J connectivity index is 1.72. The molecule has 2 bridgehead atoms. The lowest BCUT2D eigenvalue weighted by atomic mass is 9.89. The molecule has 4 atom stereocenters. The predicted molar refractivity (Wildman–Crippen MR) is 70.3 cm³/mol. The molecule has 0 aromatic heterocycles. The first-order chi connectivity index (χ1) is 9.10. The van der Waals surface area contributed by atoms with E-state index in [9.17, 15) is 9.59 Å². The van der Waals surface area contributed by atoms with Crippen molar-refractivity contribution < 1.29 is 14.7 Å². The van der Waals surface area contributed by atoms with Gasteiger partial charge in [0.2, 0.25) is 0 Å². The van der Waals surface area contributed by atoms with Crippen LogP contribution in [0.2, 0.25) is 0 Å². The second-order valence-electron chi connectivity index (χ2n) is 5.59. The highest BCUT2D eigenvalue weighted by Crippen LogP contribution is 2.47. The zero-order valence-electron chi connectivity index (χ0n) is 10.9. The van der Waals surface area contributed by atoms with E-state index in [1.807, 2.05) is 0 Å². The smallest absolute Gasteiger partial charge is 0.327 e. The van der Waals surface area contributed by atoms with Crippen molar-refractivity contribution in [3.63, 3.8) is 0 Å². The fourth-order valence-electron chi connectivity index (χ4n) is 3.38. The Morgan fingerprint density at radius 3 is 2.68 bits per heavy atom. The molecule has 19 heavy (non-hydrogen) atoms. The summed E-state index contributed by atoms with van der Waals surface area (Å²) in [5, 5.41) is 14.0. The number of carbonyl (C=O) groups excluding carboxylic acids is 1. The topological polar surface area (TPSA) is 78.4 Å². The highest BCUT2D eigenvalue weighted by molar-refractivity contribution is 5.82. The Hall–Kier alpha value is -1.70. The molecule has 0 spiro atoms. The SMILES string of the molecule is C#CCC(NC(=O)NCC1CC2CCC1C2)C(=O)O. The normalized spacial score (nSPS) is 29.5. The van der Waals surface area contributed by atoms with Crippen LogP contribution in [-0.2, 0) is 4.79 Å². The second kappa shape index (κ2) is 5.96. The maximum atomic E-state index is 11.6. The van der Waals surface area contributed by atoms with Crippen LogP contribution in [0.25, 0.3) is 0 Å². The molecule has 2 rings (SSSR count). The van der Waals surface area contributed by atoms with Gasteiger partial charge in [0, 0.05) is 13.0 Å². The molecule has 0 aromatic rings. The number of nitrogens with one attached hydrogen (secondary N) is 2. The second-order valence-corrected chi connectivity index (χ2v) is 5.59. The highest BCUT2D eigenvalue weighted by Gasteiger charge is 2.39. The number of carbonyl (C=O) groups is 2. The standard InChI is InChI=1S/C14H20N2O3/c1-2-3-12(13(17)18)16-14(19)15-8-11-7-9-4-5-10(11)6-9/h1,9-12H,3-8H2,(H,17,18)(H2,15,16,19). The quantitative estimate of drug-likeness (QED) is 0.653. The van der Waals surface area contributed by atoms with Crippen LogP contribution in [-0.4, -0.2) is 29.7 Å². The molecule has 2 saturated carbocycles. The van der Waals surface area contributed by atoms with Crippen LogP contribution in [0.4, 0.5) is 4.79 Å². The average molecular weight is 264 g/mol. The summed E-state index contributed by atoms with van der Waals surface area (Å²) < 4.78 is 0. The molecule has 104 valence electrons. The van der Waals surface area contributed by atoms with Crippen molar-refractivity contribution >= 4 is 12.0 Å². The van der Waals surface area contributed by atoms with Crippen molar-refractivity contribution in [1.29, 1.82) is 0 Å². The Bertz CT molecular complexity index is 402. The first kappa shape index (κ1) is 13.7.